The highest BCUT2D eigenvalue weighted by Gasteiger charge is 2.33. The Hall–Kier alpha value is -0.650. The maximum absolute atomic E-state index is 11.7. The van der Waals surface area contributed by atoms with Crippen molar-refractivity contribution >= 4 is 5.97 Å². The number of hydrogen-bond acceptors (Lipinski definition) is 5. The lowest BCUT2D eigenvalue weighted by Crippen LogP contribution is -2.53. The molecule has 0 aliphatic rings. The van der Waals surface area contributed by atoms with Crippen molar-refractivity contribution in [1.29, 1.82) is 0 Å². The molecule has 0 saturated carbocycles. The third kappa shape index (κ3) is 6.93. The smallest absolute Gasteiger partial charge is 0.328 e. The fourth-order valence-electron chi connectivity index (χ4n) is 1.48. The van der Waals surface area contributed by atoms with Gasteiger partial charge in [-0.15, -0.1) is 0 Å². The van der Waals surface area contributed by atoms with Crippen LogP contribution in [0.15, 0.2) is 0 Å². The zero-order valence-electron chi connectivity index (χ0n) is 12.5. The molecule has 0 aromatic carbocycles. The third-order valence-corrected chi connectivity index (χ3v) is 2.36. The fraction of sp³-hybridized carbons (Fsp3) is 0.923. The molecule has 0 bridgehead atoms. The Morgan fingerprint density at radius 3 is 2.22 bits per heavy atom. The monoisotopic (exact) mass is 261 g/mol. The van der Waals surface area contributed by atoms with E-state index in [1.165, 1.54) is 7.11 Å². The minimum atomic E-state index is -0.800. The van der Waals surface area contributed by atoms with Gasteiger partial charge in [0.05, 0.1) is 32.5 Å². The highest BCUT2D eigenvalue weighted by Crippen LogP contribution is 2.08. The Labute approximate surface area is 110 Å². The van der Waals surface area contributed by atoms with Crippen LogP contribution in [0.2, 0.25) is 0 Å². The van der Waals surface area contributed by atoms with E-state index in [9.17, 15) is 4.79 Å². The molecule has 0 rings (SSSR count). The molecular weight excluding hydrogens is 234 g/mol. The number of hydrogen-bond donors (Lipinski definition) is 1. The number of nitrogens with one attached hydrogen (secondary N) is 1. The van der Waals surface area contributed by atoms with E-state index in [-0.39, 0.29) is 18.2 Å². The predicted molar refractivity (Wildman–Crippen MR) is 70.6 cm³/mol. The summed E-state index contributed by atoms with van der Waals surface area (Å²) in [6, 6.07) is 0. The molecule has 1 N–H and O–H groups in total. The molecule has 5 heteroatoms. The van der Waals surface area contributed by atoms with E-state index in [4.69, 9.17) is 14.2 Å². The van der Waals surface area contributed by atoms with Gasteiger partial charge in [0.25, 0.3) is 0 Å². The second kappa shape index (κ2) is 7.71. The summed E-state index contributed by atoms with van der Waals surface area (Å²) in [4.78, 5) is 11.7. The van der Waals surface area contributed by atoms with Gasteiger partial charge in [0.2, 0.25) is 0 Å². The minimum absolute atomic E-state index is 0.170. The first kappa shape index (κ1) is 17.4. The second-order valence-corrected chi connectivity index (χ2v) is 5.37. The van der Waals surface area contributed by atoms with Gasteiger partial charge >= 0.3 is 5.97 Å². The van der Waals surface area contributed by atoms with Crippen LogP contribution in [0.5, 0.6) is 0 Å². The largest absolute Gasteiger partial charge is 0.468 e. The number of likely N-dealkylation sites (N-methyl/N-ethyl adjacent to an activating group) is 1. The molecule has 5 nitrogen and oxygen atoms in total. The molecule has 0 spiro atoms. The molecule has 0 aliphatic heterocycles. The summed E-state index contributed by atoms with van der Waals surface area (Å²) in [5.41, 5.74) is -0.970. The second-order valence-electron chi connectivity index (χ2n) is 5.37. The van der Waals surface area contributed by atoms with Gasteiger partial charge in [-0.05, 0) is 34.2 Å². The van der Waals surface area contributed by atoms with Crippen molar-refractivity contribution in [2.75, 3.05) is 33.5 Å². The van der Waals surface area contributed by atoms with Crippen molar-refractivity contribution in [3.8, 4) is 0 Å². The van der Waals surface area contributed by atoms with Crippen LogP contribution in [0.1, 0.15) is 34.6 Å². The summed E-state index contributed by atoms with van der Waals surface area (Å²) < 4.78 is 15.8. The van der Waals surface area contributed by atoms with Crippen molar-refractivity contribution < 1.29 is 19.0 Å². The van der Waals surface area contributed by atoms with Gasteiger partial charge in [0.1, 0.15) is 5.54 Å². The number of esters is 1. The first-order valence-corrected chi connectivity index (χ1v) is 6.30. The van der Waals surface area contributed by atoms with Crippen molar-refractivity contribution in [2.24, 2.45) is 0 Å². The van der Waals surface area contributed by atoms with Crippen LogP contribution in [-0.4, -0.2) is 50.6 Å². The van der Waals surface area contributed by atoms with Crippen molar-refractivity contribution in [3.05, 3.63) is 0 Å². The van der Waals surface area contributed by atoms with Gasteiger partial charge in [0, 0.05) is 0 Å². The maximum Gasteiger partial charge on any atom is 0.328 e. The van der Waals surface area contributed by atoms with Gasteiger partial charge in [0.15, 0.2) is 0 Å². The van der Waals surface area contributed by atoms with Crippen LogP contribution in [0.3, 0.4) is 0 Å². The zero-order valence-corrected chi connectivity index (χ0v) is 12.5. The molecule has 1 unspecified atom stereocenters. The van der Waals surface area contributed by atoms with Crippen LogP contribution in [0.4, 0.5) is 0 Å². The molecule has 0 aromatic heterocycles. The molecule has 0 heterocycles. The molecule has 0 radical (unpaired) electrons. The SMILES string of the molecule is CCNC(C)(COCCOC(C)(C)C)C(=O)OC. The standard InChI is InChI=1S/C13H27NO4/c1-7-14-13(5,11(15)16-6)10-17-8-9-18-12(2,3)4/h14H,7-10H2,1-6H3. The van der Waals surface area contributed by atoms with E-state index in [1.807, 2.05) is 27.7 Å². The topological polar surface area (TPSA) is 56.8 Å². The van der Waals surface area contributed by atoms with Crippen LogP contribution in [0, 0.1) is 0 Å². The lowest BCUT2D eigenvalue weighted by atomic mass is 10.0. The van der Waals surface area contributed by atoms with E-state index in [2.05, 4.69) is 5.32 Å². The lowest BCUT2D eigenvalue weighted by Gasteiger charge is -2.27. The Morgan fingerprint density at radius 2 is 1.78 bits per heavy atom. The predicted octanol–water partition coefficient (Wildman–Crippen LogP) is 1.36. The van der Waals surface area contributed by atoms with Crippen molar-refractivity contribution in [2.45, 2.75) is 45.8 Å². The van der Waals surface area contributed by atoms with Crippen LogP contribution >= 0.6 is 0 Å². The highest BCUT2D eigenvalue weighted by atomic mass is 16.5. The Balaban J connectivity index is 4.02. The minimum Gasteiger partial charge on any atom is -0.468 e. The van der Waals surface area contributed by atoms with Crippen molar-refractivity contribution in [3.63, 3.8) is 0 Å². The third-order valence-electron chi connectivity index (χ3n) is 2.36. The zero-order chi connectivity index (χ0) is 14.2. The average Bonchev–Trinajstić information content (AvgIpc) is 2.26. The molecule has 0 aromatic rings. The summed E-state index contributed by atoms with van der Waals surface area (Å²) in [6.07, 6.45) is 0. The molecule has 18 heavy (non-hydrogen) atoms. The van der Waals surface area contributed by atoms with Gasteiger partial charge in [-0.25, -0.2) is 4.79 Å². The summed E-state index contributed by atoms with van der Waals surface area (Å²) >= 11 is 0. The van der Waals surface area contributed by atoms with Gasteiger partial charge in [-0.3, -0.25) is 0 Å². The number of rotatable bonds is 8. The molecule has 0 aliphatic carbocycles. The molecular formula is C13H27NO4. The van der Waals surface area contributed by atoms with E-state index in [0.29, 0.717) is 19.8 Å². The first-order chi connectivity index (χ1) is 8.25. The normalized spacial score (nSPS) is 15.2. The number of ether oxygens (including phenoxy) is 3. The summed E-state index contributed by atoms with van der Waals surface area (Å²) in [7, 11) is 1.38. The van der Waals surface area contributed by atoms with Crippen molar-refractivity contribution in [1.82, 2.24) is 5.32 Å². The fourth-order valence-corrected chi connectivity index (χ4v) is 1.48. The van der Waals surface area contributed by atoms with Crippen LogP contribution in [0.25, 0.3) is 0 Å². The number of carbonyl (C=O) groups excluding carboxylic acids is 1. The van der Waals surface area contributed by atoms with Crippen LogP contribution < -0.4 is 5.32 Å². The summed E-state index contributed by atoms with van der Waals surface area (Å²) in [5.74, 6) is -0.318. The van der Waals surface area contributed by atoms with E-state index >= 15 is 0 Å². The molecule has 0 amide bonds. The molecule has 1 atom stereocenters. The summed E-state index contributed by atoms with van der Waals surface area (Å²) in [6.45, 7) is 11.6. The van der Waals surface area contributed by atoms with E-state index < -0.39 is 5.54 Å². The first-order valence-electron chi connectivity index (χ1n) is 6.30. The van der Waals surface area contributed by atoms with E-state index in [1.54, 1.807) is 6.92 Å². The highest BCUT2D eigenvalue weighted by molar-refractivity contribution is 5.80. The number of carbonyl (C=O) groups is 1. The lowest BCUT2D eigenvalue weighted by molar-refractivity contribution is -0.151. The molecule has 0 fully saturated rings. The van der Waals surface area contributed by atoms with E-state index in [0.717, 1.165) is 0 Å². The maximum atomic E-state index is 11.7. The average molecular weight is 261 g/mol. The molecule has 108 valence electrons. The Kier molecular flexibility index (Phi) is 7.43. The van der Waals surface area contributed by atoms with Gasteiger partial charge in [-0.1, -0.05) is 6.92 Å². The Bertz CT molecular complexity index is 250. The quantitative estimate of drug-likeness (QED) is 0.528. The molecule has 0 saturated heterocycles. The van der Waals surface area contributed by atoms with Gasteiger partial charge < -0.3 is 19.5 Å². The Morgan fingerprint density at radius 1 is 1.17 bits per heavy atom. The summed E-state index contributed by atoms with van der Waals surface area (Å²) in [5, 5.41) is 3.08. The van der Waals surface area contributed by atoms with Crippen LogP contribution in [-0.2, 0) is 19.0 Å². The number of methoxy groups -OCH3 is 1. The van der Waals surface area contributed by atoms with Gasteiger partial charge in [-0.2, -0.15) is 0 Å².